The van der Waals surface area contributed by atoms with Crippen molar-refractivity contribution in [3.63, 3.8) is 0 Å². The molecule has 0 aliphatic carbocycles. The molecule has 0 radical (unpaired) electrons. The Hall–Kier alpha value is -2.73. The number of aliphatic imine (C=N–C) groups is 1. The lowest BCUT2D eigenvalue weighted by Gasteiger charge is -2.11. The predicted molar refractivity (Wildman–Crippen MR) is 102 cm³/mol. The highest BCUT2D eigenvalue weighted by Crippen LogP contribution is 2.17. The summed E-state index contributed by atoms with van der Waals surface area (Å²) < 4.78 is 10.9. The first-order valence-electron chi connectivity index (χ1n) is 8.14. The lowest BCUT2D eigenvalue weighted by molar-refractivity contribution is 0.261. The Morgan fingerprint density at radius 3 is 2.64 bits per heavy atom. The van der Waals surface area contributed by atoms with Crippen LogP contribution in [0.1, 0.15) is 5.56 Å². The van der Waals surface area contributed by atoms with E-state index in [1.54, 1.807) is 7.11 Å². The van der Waals surface area contributed by atoms with Gasteiger partial charge in [-0.05, 0) is 43.9 Å². The van der Waals surface area contributed by atoms with Gasteiger partial charge in [0.25, 0.3) is 0 Å². The van der Waals surface area contributed by atoms with Gasteiger partial charge in [-0.25, -0.2) is 4.99 Å². The van der Waals surface area contributed by atoms with Gasteiger partial charge in [-0.1, -0.05) is 18.2 Å². The predicted octanol–water partition coefficient (Wildman–Crippen LogP) is 2.56. The molecule has 25 heavy (non-hydrogen) atoms. The quantitative estimate of drug-likeness (QED) is 0.570. The molecule has 134 valence electrons. The molecular formula is C19H26N4O2. The van der Waals surface area contributed by atoms with E-state index in [0.29, 0.717) is 19.1 Å². The normalized spacial score (nSPS) is 11.4. The standard InChI is InChI=1S/C19H26N4O2/c1-23(2)10-11-25-18-9-4-6-15(12-18)14-21-19(20)22-16-7-5-8-17(13-16)24-3/h4-9,12-13H,10-11,14H2,1-3H3,(H3,20,21,22). The van der Waals surface area contributed by atoms with E-state index in [-0.39, 0.29) is 0 Å². The summed E-state index contributed by atoms with van der Waals surface area (Å²) in [6.07, 6.45) is 0. The molecule has 0 heterocycles. The fraction of sp³-hybridized carbons (Fsp3) is 0.316. The van der Waals surface area contributed by atoms with Gasteiger partial charge in [0.15, 0.2) is 5.96 Å². The molecular weight excluding hydrogens is 316 g/mol. The third-order valence-corrected chi connectivity index (χ3v) is 3.48. The molecule has 2 aromatic rings. The van der Waals surface area contributed by atoms with Crippen LogP contribution in [0.15, 0.2) is 53.5 Å². The minimum absolute atomic E-state index is 0.354. The molecule has 0 saturated carbocycles. The highest BCUT2D eigenvalue weighted by molar-refractivity contribution is 5.92. The molecule has 6 nitrogen and oxygen atoms in total. The smallest absolute Gasteiger partial charge is 0.193 e. The van der Waals surface area contributed by atoms with Crippen LogP contribution in [0, 0.1) is 0 Å². The molecule has 0 spiro atoms. The Balaban J connectivity index is 1.91. The Bertz CT molecular complexity index is 701. The second-order valence-electron chi connectivity index (χ2n) is 5.86. The molecule has 2 rings (SSSR count). The fourth-order valence-corrected chi connectivity index (χ4v) is 2.14. The Kier molecular flexibility index (Phi) is 7.10. The molecule has 3 N–H and O–H groups in total. The molecule has 0 saturated heterocycles. The Labute approximate surface area is 149 Å². The molecule has 0 aromatic heterocycles. The number of anilines is 1. The van der Waals surface area contributed by atoms with Gasteiger partial charge in [0.2, 0.25) is 0 Å². The molecule has 2 aromatic carbocycles. The molecule has 0 atom stereocenters. The number of nitrogens with two attached hydrogens (primary N) is 1. The first-order chi connectivity index (χ1) is 12.1. The van der Waals surface area contributed by atoms with Gasteiger partial charge in [-0.15, -0.1) is 0 Å². The van der Waals surface area contributed by atoms with Crippen molar-refractivity contribution < 1.29 is 9.47 Å². The van der Waals surface area contributed by atoms with Crippen LogP contribution in [0.5, 0.6) is 11.5 Å². The van der Waals surface area contributed by atoms with E-state index in [0.717, 1.165) is 29.3 Å². The molecule has 0 aliphatic rings. The minimum Gasteiger partial charge on any atom is -0.497 e. The van der Waals surface area contributed by atoms with Gasteiger partial charge in [0.05, 0.1) is 13.7 Å². The summed E-state index contributed by atoms with van der Waals surface area (Å²) in [5.74, 6) is 1.96. The number of benzene rings is 2. The highest BCUT2D eigenvalue weighted by atomic mass is 16.5. The number of methoxy groups -OCH3 is 1. The van der Waals surface area contributed by atoms with Crippen LogP contribution >= 0.6 is 0 Å². The molecule has 0 amide bonds. The second-order valence-corrected chi connectivity index (χ2v) is 5.86. The van der Waals surface area contributed by atoms with E-state index in [2.05, 4.69) is 15.2 Å². The van der Waals surface area contributed by atoms with Gasteiger partial charge >= 0.3 is 0 Å². The average molecular weight is 342 g/mol. The second kappa shape index (κ2) is 9.54. The Morgan fingerprint density at radius 1 is 1.12 bits per heavy atom. The van der Waals surface area contributed by atoms with Crippen molar-refractivity contribution in [1.29, 1.82) is 0 Å². The number of guanidine groups is 1. The van der Waals surface area contributed by atoms with Crippen molar-refractivity contribution in [2.24, 2.45) is 10.7 Å². The third kappa shape index (κ3) is 6.73. The first kappa shape index (κ1) is 18.6. The van der Waals surface area contributed by atoms with Crippen LogP contribution in [0.4, 0.5) is 5.69 Å². The third-order valence-electron chi connectivity index (χ3n) is 3.48. The van der Waals surface area contributed by atoms with Gasteiger partial charge in [0, 0.05) is 18.3 Å². The minimum atomic E-state index is 0.354. The number of likely N-dealkylation sites (N-methyl/N-ethyl adjacent to an activating group) is 1. The number of hydrogen-bond donors (Lipinski definition) is 2. The maximum Gasteiger partial charge on any atom is 0.193 e. The largest absolute Gasteiger partial charge is 0.497 e. The summed E-state index contributed by atoms with van der Waals surface area (Å²) in [6.45, 7) is 2.01. The van der Waals surface area contributed by atoms with Gasteiger partial charge in [0.1, 0.15) is 18.1 Å². The fourth-order valence-electron chi connectivity index (χ4n) is 2.14. The Morgan fingerprint density at radius 2 is 1.88 bits per heavy atom. The van der Waals surface area contributed by atoms with Gasteiger partial charge in [-0.3, -0.25) is 0 Å². The molecule has 0 unspecified atom stereocenters. The summed E-state index contributed by atoms with van der Waals surface area (Å²) >= 11 is 0. The van der Waals surface area contributed by atoms with Crippen LogP contribution in [0.2, 0.25) is 0 Å². The topological polar surface area (TPSA) is 72.1 Å². The van der Waals surface area contributed by atoms with E-state index < -0.39 is 0 Å². The maximum atomic E-state index is 5.96. The summed E-state index contributed by atoms with van der Waals surface area (Å²) in [6, 6.07) is 15.4. The molecule has 0 aliphatic heterocycles. The van der Waals surface area contributed by atoms with E-state index in [1.807, 2.05) is 62.6 Å². The zero-order chi connectivity index (χ0) is 18.1. The van der Waals surface area contributed by atoms with Crippen LogP contribution in [-0.2, 0) is 6.54 Å². The van der Waals surface area contributed by atoms with E-state index in [4.69, 9.17) is 15.2 Å². The lowest BCUT2D eigenvalue weighted by Crippen LogP contribution is -2.22. The SMILES string of the molecule is COc1cccc(NC(N)=NCc2cccc(OCCN(C)C)c2)c1. The molecule has 0 bridgehead atoms. The van der Waals surface area contributed by atoms with Crippen molar-refractivity contribution in [1.82, 2.24) is 4.90 Å². The lowest BCUT2D eigenvalue weighted by atomic mass is 10.2. The van der Waals surface area contributed by atoms with Crippen molar-refractivity contribution in [3.8, 4) is 11.5 Å². The molecule has 0 fully saturated rings. The number of nitrogens with zero attached hydrogens (tertiary/aromatic N) is 2. The maximum absolute atomic E-state index is 5.96. The van der Waals surface area contributed by atoms with Crippen LogP contribution in [-0.4, -0.2) is 45.2 Å². The zero-order valence-electron chi connectivity index (χ0n) is 15.0. The van der Waals surface area contributed by atoms with Gasteiger partial charge < -0.3 is 25.4 Å². The number of hydrogen-bond acceptors (Lipinski definition) is 4. The van der Waals surface area contributed by atoms with E-state index in [9.17, 15) is 0 Å². The number of ether oxygens (including phenoxy) is 2. The van der Waals surface area contributed by atoms with Crippen LogP contribution < -0.4 is 20.5 Å². The number of rotatable bonds is 8. The first-order valence-corrected chi connectivity index (χ1v) is 8.14. The van der Waals surface area contributed by atoms with Crippen molar-refractivity contribution in [2.75, 3.05) is 39.7 Å². The van der Waals surface area contributed by atoms with Crippen LogP contribution in [0.3, 0.4) is 0 Å². The zero-order valence-corrected chi connectivity index (χ0v) is 15.0. The van der Waals surface area contributed by atoms with Crippen LogP contribution in [0.25, 0.3) is 0 Å². The summed E-state index contributed by atoms with van der Waals surface area (Å²) in [5, 5.41) is 3.06. The average Bonchev–Trinajstić information content (AvgIpc) is 2.60. The molecule has 6 heteroatoms. The summed E-state index contributed by atoms with van der Waals surface area (Å²) in [5.41, 5.74) is 7.83. The monoisotopic (exact) mass is 342 g/mol. The van der Waals surface area contributed by atoms with E-state index in [1.165, 1.54) is 0 Å². The van der Waals surface area contributed by atoms with Crippen molar-refractivity contribution >= 4 is 11.6 Å². The summed E-state index contributed by atoms with van der Waals surface area (Å²) in [4.78, 5) is 6.46. The van der Waals surface area contributed by atoms with Crippen molar-refractivity contribution in [3.05, 3.63) is 54.1 Å². The van der Waals surface area contributed by atoms with E-state index >= 15 is 0 Å². The number of nitrogens with one attached hydrogen (secondary N) is 1. The van der Waals surface area contributed by atoms with Gasteiger partial charge in [-0.2, -0.15) is 0 Å². The summed E-state index contributed by atoms with van der Waals surface area (Å²) in [7, 11) is 5.67. The highest BCUT2D eigenvalue weighted by Gasteiger charge is 2.00. The van der Waals surface area contributed by atoms with Crippen molar-refractivity contribution in [2.45, 2.75) is 6.54 Å².